The van der Waals surface area contributed by atoms with Crippen LogP contribution in [0.3, 0.4) is 0 Å². The number of hydrogen-bond donors (Lipinski definition) is 1. The number of aromatic nitrogens is 2. The Morgan fingerprint density at radius 2 is 2.38 bits per heavy atom. The molecule has 0 saturated carbocycles. The van der Waals surface area contributed by atoms with E-state index in [9.17, 15) is 0 Å². The van der Waals surface area contributed by atoms with Crippen LogP contribution in [0.25, 0.3) is 0 Å². The lowest BCUT2D eigenvalue weighted by atomic mass is 10.3. The number of furan rings is 1. The van der Waals surface area contributed by atoms with E-state index in [1.165, 1.54) is 0 Å². The molecule has 0 saturated heterocycles. The Labute approximate surface area is 95.3 Å². The highest BCUT2D eigenvalue weighted by Crippen LogP contribution is 2.02. The highest BCUT2D eigenvalue weighted by molar-refractivity contribution is 5.04. The predicted molar refractivity (Wildman–Crippen MR) is 61.8 cm³/mol. The number of nitrogens with one attached hydrogen (secondary N) is 1. The SMILES string of the molecule is CCCn1ccnc1CNCc1ccoc1. The van der Waals surface area contributed by atoms with Crippen LogP contribution in [0.4, 0.5) is 0 Å². The van der Waals surface area contributed by atoms with E-state index in [0.717, 1.165) is 37.4 Å². The third-order valence-corrected chi connectivity index (χ3v) is 2.46. The fourth-order valence-electron chi connectivity index (χ4n) is 1.66. The average molecular weight is 219 g/mol. The van der Waals surface area contributed by atoms with Crippen molar-refractivity contribution in [3.05, 3.63) is 42.4 Å². The van der Waals surface area contributed by atoms with Crippen molar-refractivity contribution in [1.82, 2.24) is 14.9 Å². The molecule has 0 atom stereocenters. The van der Waals surface area contributed by atoms with Crippen LogP contribution in [-0.4, -0.2) is 9.55 Å². The van der Waals surface area contributed by atoms with Gasteiger partial charge in [-0.3, -0.25) is 0 Å². The van der Waals surface area contributed by atoms with Gasteiger partial charge >= 0.3 is 0 Å². The van der Waals surface area contributed by atoms with Gasteiger partial charge in [-0.2, -0.15) is 0 Å². The fourth-order valence-corrected chi connectivity index (χ4v) is 1.66. The van der Waals surface area contributed by atoms with Crippen molar-refractivity contribution >= 4 is 0 Å². The van der Waals surface area contributed by atoms with Crippen LogP contribution in [0.1, 0.15) is 24.7 Å². The minimum atomic E-state index is 0.790. The smallest absolute Gasteiger partial charge is 0.122 e. The van der Waals surface area contributed by atoms with Crippen LogP contribution >= 0.6 is 0 Å². The average Bonchev–Trinajstić information content (AvgIpc) is 2.91. The Bertz CT molecular complexity index is 406. The predicted octanol–water partition coefficient (Wildman–Crippen LogP) is 2.18. The zero-order valence-corrected chi connectivity index (χ0v) is 9.52. The lowest BCUT2D eigenvalue weighted by Gasteiger charge is -2.06. The van der Waals surface area contributed by atoms with Crippen molar-refractivity contribution < 1.29 is 4.42 Å². The first kappa shape index (κ1) is 11.0. The number of hydrogen-bond acceptors (Lipinski definition) is 3. The Kier molecular flexibility index (Phi) is 3.77. The van der Waals surface area contributed by atoms with Crippen molar-refractivity contribution in [2.45, 2.75) is 33.0 Å². The molecule has 0 aliphatic carbocycles. The van der Waals surface area contributed by atoms with E-state index in [1.54, 1.807) is 12.5 Å². The van der Waals surface area contributed by atoms with Crippen LogP contribution in [0.2, 0.25) is 0 Å². The van der Waals surface area contributed by atoms with E-state index in [4.69, 9.17) is 4.42 Å². The highest BCUT2D eigenvalue weighted by atomic mass is 16.3. The summed E-state index contributed by atoms with van der Waals surface area (Å²) in [4.78, 5) is 4.33. The van der Waals surface area contributed by atoms with E-state index < -0.39 is 0 Å². The third-order valence-electron chi connectivity index (χ3n) is 2.46. The minimum absolute atomic E-state index is 0.790. The maximum absolute atomic E-state index is 5.00. The quantitative estimate of drug-likeness (QED) is 0.809. The monoisotopic (exact) mass is 219 g/mol. The highest BCUT2D eigenvalue weighted by Gasteiger charge is 2.01. The van der Waals surface area contributed by atoms with Crippen molar-refractivity contribution in [2.24, 2.45) is 0 Å². The summed E-state index contributed by atoms with van der Waals surface area (Å²) in [7, 11) is 0. The van der Waals surface area contributed by atoms with E-state index in [-0.39, 0.29) is 0 Å². The first-order valence-corrected chi connectivity index (χ1v) is 5.62. The van der Waals surface area contributed by atoms with Gasteiger partial charge in [-0.15, -0.1) is 0 Å². The molecule has 0 radical (unpaired) electrons. The molecule has 2 rings (SSSR count). The molecule has 0 unspecified atom stereocenters. The van der Waals surface area contributed by atoms with Gasteiger partial charge in [0.2, 0.25) is 0 Å². The van der Waals surface area contributed by atoms with Crippen LogP contribution in [0.5, 0.6) is 0 Å². The van der Waals surface area contributed by atoms with Crippen molar-refractivity contribution in [3.63, 3.8) is 0 Å². The second-order valence-electron chi connectivity index (χ2n) is 3.77. The van der Waals surface area contributed by atoms with Crippen molar-refractivity contribution in [2.75, 3.05) is 0 Å². The zero-order valence-electron chi connectivity index (χ0n) is 9.52. The summed E-state index contributed by atoms with van der Waals surface area (Å²) in [5.74, 6) is 1.09. The van der Waals surface area contributed by atoms with Gasteiger partial charge in [0, 0.05) is 31.0 Å². The molecule has 1 N–H and O–H groups in total. The Balaban J connectivity index is 1.82. The second kappa shape index (κ2) is 5.51. The molecule has 0 bridgehead atoms. The molecule has 2 aromatic heterocycles. The standard InChI is InChI=1S/C12H17N3O/c1-2-5-15-6-4-14-12(15)9-13-8-11-3-7-16-10-11/h3-4,6-7,10,13H,2,5,8-9H2,1H3. The molecule has 0 aliphatic heterocycles. The van der Waals surface area contributed by atoms with E-state index in [2.05, 4.69) is 21.8 Å². The molecule has 4 heteroatoms. The Morgan fingerprint density at radius 3 is 3.12 bits per heavy atom. The Hall–Kier alpha value is -1.55. The lowest BCUT2D eigenvalue weighted by molar-refractivity contribution is 0.555. The summed E-state index contributed by atoms with van der Waals surface area (Å²) in [5.41, 5.74) is 1.16. The van der Waals surface area contributed by atoms with Crippen LogP contribution in [0, 0.1) is 0 Å². The molecule has 0 aromatic carbocycles. The summed E-state index contributed by atoms with van der Waals surface area (Å²) in [6.07, 6.45) is 8.45. The molecule has 0 spiro atoms. The number of aryl methyl sites for hydroxylation is 1. The van der Waals surface area contributed by atoms with Gasteiger partial charge in [-0.25, -0.2) is 4.98 Å². The van der Waals surface area contributed by atoms with Gasteiger partial charge in [0.05, 0.1) is 19.1 Å². The molecule has 16 heavy (non-hydrogen) atoms. The molecular weight excluding hydrogens is 202 g/mol. The summed E-state index contributed by atoms with van der Waals surface area (Å²) in [6, 6.07) is 1.96. The van der Waals surface area contributed by atoms with Crippen LogP contribution in [-0.2, 0) is 19.6 Å². The third kappa shape index (κ3) is 2.73. The normalized spacial score (nSPS) is 10.8. The maximum atomic E-state index is 5.00. The molecule has 0 amide bonds. The van der Waals surface area contributed by atoms with Crippen molar-refractivity contribution in [3.8, 4) is 0 Å². The molecule has 0 aliphatic rings. The summed E-state index contributed by atoms with van der Waals surface area (Å²) in [6.45, 7) is 4.80. The maximum Gasteiger partial charge on any atom is 0.122 e. The minimum Gasteiger partial charge on any atom is -0.472 e. The van der Waals surface area contributed by atoms with Crippen molar-refractivity contribution in [1.29, 1.82) is 0 Å². The van der Waals surface area contributed by atoms with E-state index >= 15 is 0 Å². The summed E-state index contributed by atoms with van der Waals surface area (Å²) in [5, 5.41) is 3.35. The molecule has 4 nitrogen and oxygen atoms in total. The fraction of sp³-hybridized carbons (Fsp3) is 0.417. The number of nitrogens with zero attached hydrogens (tertiary/aromatic N) is 2. The number of rotatable bonds is 6. The first-order valence-electron chi connectivity index (χ1n) is 5.62. The Morgan fingerprint density at radius 1 is 1.44 bits per heavy atom. The second-order valence-corrected chi connectivity index (χ2v) is 3.77. The topological polar surface area (TPSA) is 43.0 Å². The molecule has 2 heterocycles. The molecule has 86 valence electrons. The molecular formula is C12H17N3O. The van der Waals surface area contributed by atoms with Gasteiger partial charge in [0.15, 0.2) is 0 Å². The van der Waals surface area contributed by atoms with Gasteiger partial charge in [0.1, 0.15) is 5.82 Å². The van der Waals surface area contributed by atoms with Crippen LogP contribution in [0.15, 0.2) is 35.4 Å². The van der Waals surface area contributed by atoms with E-state index in [1.807, 2.05) is 18.5 Å². The summed E-state index contributed by atoms with van der Waals surface area (Å²) >= 11 is 0. The molecule has 0 fully saturated rings. The summed E-state index contributed by atoms with van der Waals surface area (Å²) < 4.78 is 7.19. The first-order chi connectivity index (χ1) is 7.90. The van der Waals surface area contributed by atoms with Crippen LogP contribution < -0.4 is 5.32 Å². The zero-order chi connectivity index (χ0) is 11.2. The van der Waals surface area contributed by atoms with Gasteiger partial charge < -0.3 is 14.3 Å². The van der Waals surface area contributed by atoms with E-state index in [0.29, 0.717) is 0 Å². The van der Waals surface area contributed by atoms with Gasteiger partial charge in [0.25, 0.3) is 0 Å². The molecule has 2 aromatic rings. The number of imidazole rings is 1. The lowest BCUT2D eigenvalue weighted by Crippen LogP contribution is -2.16. The largest absolute Gasteiger partial charge is 0.472 e. The van der Waals surface area contributed by atoms with Gasteiger partial charge in [-0.1, -0.05) is 6.92 Å². The van der Waals surface area contributed by atoms with Gasteiger partial charge in [-0.05, 0) is 12.5 Å².